The monoisotopic (exact) mass is 206 g/mol. The van der Waals surface area contributed by atoms with Gasteiger partial charge < -0.3 is 32.4 Å². The van der Waals surface area contributed by atoms with E-state index in [1.54, 1.807) is 0 Å². The highest BCUT2D eigenvalue weighted by Crippen LogP contribution is 2.16. The van der Waals surface area contributed by atoms with E-state index < -0.39 is 11.7 Å². The Balaban J connectivity index is -0.000000403. The molecular weight excluding hydrogens is 194 g/mol. The number of benzene rings is 1. The van der Waals surface area contributed by atoms with Crippen LogP contribution in [-0.2, 0) is 0 Å². The van der Waals surface area contributed by atoms with E-state index in [4.69, 9.17) is 10.8 Å². The van der Waals surface area contributed by atoms with Gasteiger partial charge in [-0.3, -0.25) is 0 Å². The molecule has 1 aromatic carbocycles. The van der Waals surface area contributed by atoms with Crippen LogP contribution in [0.4, 0.5) is 5.69 Å². The topological polar surface area (TPSA) is 181 Å². The Morgan fingerprint density at radius 3 is 2.14 bits per heavy atom. The van der Waals surface area contributed by atoms with Crippen molar-refractivity contribution in [1.82, 2.24) is 0 Å². The average Bonchev–Trinajstić information content (AvgIpc) is 1.85. The number of carbonyl (C=O) groups is 1. The van der Waals surface area contributed by atoms with Gasteiger partial charge in [-0.1, -0.05) is 5.75 Å². The number of rotatable bonds is 1. The molecule has 0 spiro atoms. The molecule has 0 bridgehead atoms. The molecule has 0 fully saturated rings. The standard InChI is InChI=1S/C7H7NO3.3H2O/c8-4-1-2-5(7(10)11)6(9)3-4;;;/h1-3,9H,8H2,(H,10,11);3*1H2/p-1. The molecule has 0 aliphatic heterocycles. The lowest BCUT2D eigenvalue weighted by atomic mass is 10.2. The van der Waals surface area contributed by atoms with Gasteiger partial charge >= 0.3 is 5.97 Å². The molecule has 0 saturated heterocycles. The molecular formula is C7H12NO6-. The largest absolute Gasteiger partial charge is 0.872 e. The normalized spacial score (nSPS) is 7.43. The molecule has 0 aliphatic carbocycles. The first-order valence-electron chi connectivity index (χ1n) is 2.91. The van der Waals surface area contributed by atoms with E-state index in [9.17, 15) is 9.90 Å². The second-order valence-corrected chi connectivity index (χ2v) is 2.06. The Morgan fingerprint density at radius 1 is 1.29 bits per heavy atom. The fourth-order valence-corrected chi connectivity index (χ4v) is 0.716. The summed E-state index contributed by atoms with van der Waals surface area (Å²) < 4.78 is 0. The van der Waals surface area contributed by atoms with Gasteiger partial charge in [-0.25, -0.2) is 4.79 Å². The van der Waals surface area contributed by atoms with Crippen LogP contribution in [0.25, 0.3) is 0 Å². The Bertz CT molecular complexity index is 300. The van der Waals surface area contributed by atoms with E-state index in [1.165, 1.54) is 12.1 Å². The van der Waals surface area contributed by atoms with E-state index >= 15 is 0 Å². The zero-order valence-electron chi connectivity index (χ0n) is 7.07. The van der Waals surface area contributed by atoms with Gasteiger partial charge in [0.05, 0.1) is 5.56 Å². The molecule has 0 radical (unpaired) electrons. The van der Waals surface area contributed by atoms with E-state index in [0.29, 0.717) is 0 Å². The summed E-state index contributed by atoms with van der Waals surface area (Å²) in [6, 6.07) is 3.66. The van der Waals surface area contributed by atoms with Crippen molar-refractivity contribution in [3.8, 4) is 5.75 Å². The summed E-state index contributed by atoms with van der Waals surface area (Å²) >= 11 is 0. The first-order chi connectivity index (χ1) is 5.11. The number of hydrogen-bond donors (Lipinski definition) is 2. The fourth-order valence-electron chi connectivity index (χ4n) is 0.716. The number of nitrogens with two attached hydrogens (primary N) is 1. The van der Waals surface area contributed by atoms with Gasteiger partial charge in [-0.15, -0.1) is 0 Å². The zero-order chi connectivity index (χ0) is 8.43. The van der Waals surface area contributed by atoms with Crippen molar-refractivity contribution in [2.45, 2.75) is 0 Å². The van der Waals surface area contributed by atoms with Gasteiger partial charge in [-0.05, 0) is 18.2 Å². The molecule has 7 nitrogen and oxygen atoms in total. The summed E-state index contributed by atoms with van der Waals surface area (Å²) in [5.41, 5.74) is 5.26. The Hall–Kier alpha value is -1.83. The quantitative estimate of drug-likeness (QED) is 0.484. The Labute approximate surface area is 79.3 Å². The van der Waals surface area contributed by atoms with E-state index in [1.807, 2.05) is 0 Å². The molecule has 0 unspecified atom stereocenters. The van der Waals surface area contributed by atoms with Crippen molar-refractivity contribution in [2.75, 3.05) is 5.73 Å². The Kier molecular flexibility index (Phi) is 8.59. The maximum absolute atomic E-state index is 10.8. The molecule has 0 heterocycles. The van der Waals surface area contributed by atoms with Crippen LogP contribution in [0.3, 0.4) is 0 Å². The van der Waals surface area contributed by atoms with Crippen molar-refractivity contribution in [2.24, 2.45) is 0 Å². The molecule has 1 aromatic rings. The van der Waals surface area contributed by atoms with Gasteiger partial charge in [0.2, 0.25) is 0 Å². The molecule has 0 atom stereocenters. The van der Waals surface area contributed by atoms with Crippen LogP contribution >= 0.6 is 0 Å². The van der Waals surface area contributed by atoms with Crippen molar-refractivity contribution in [3.05, 3.63) is 23.8 Å². The maximum atomic E-state index is 10.8. The minimum atomic E-state index is -1.23. The first kappa shape index (κ1) is 18.1. The summed E-state index contributed by atoms with van der Waals surface area (Å²) in [7, 11) is 0. The van der Waals surface area contributed by atoms with Crippen LogP contribution in [0.2, 0.25) is 0 Å². The summed E-state index contributed by atoms with van der Waals surface area (Å²) in [4.78, 5) is 10.3. The van der Waals surface area contributed by atoms with Gasteiger partial charge in [-0.2, -0.15) is 0 Å². The third-order valence-electron chi connectivity index (χ3n) is 1.24. The van der Waals surface area contributed by atoms with Gasteiger partial charge in [0.15, 0.2) is 0 Å². The van der Waals surface area contributed by atoms with E-state index in [0.717, 1.165) is 6.07 Å². The molecule has 14 heavy (non-hydrogen) atoms. The Morgan fingerprint density at radius 2 is 1.79 bits per heavy atom. The van der Waals surface area contributed by atoms with Crippen molar-refractivity contribution in [3.63, 3.8) is 0 Å². The minimum Gasteiger partial charge on any atom is -0.872 e. The van der Waals surface area contributed by atoms with Gasteiger partial charge in [0.25, 0.3) is 0 Å². The molecule has 1 rings (SSSR count). The number of hydrogen-bond acceptors (Lipinski definition) is 3. The molecule has 0 aromatic heterocycles. The summed E-state index contributed by atoms with van der Waals surface area (Å²) in [6.45, 7) is 0. The van der Waals surface area contributed by atoms with E-state index in [2.05, 4.69) is 0 Å². The third kappa shape index (κ3) is 3.72. The number of carboxylic acid groups (broad SMARTS) is 1. The summed E-state index contributed by atoms with van der Waals surface area (Å²) in [5, 5.41) is 19.2. The molecule has 0 amide bonds. The van der Waals surface area contributed by atoms with Crippen LogP contribution in [0.1, 0.15) is 10.4 Å². The van der Waals surface area contributed by atoms with E-state index in [-0.39, 0.29) is 27.7 Å². The molecule has 0 aliphatic rings. The lowest BCUT2D eigenvalue weighted by molar-refractivity contribution is -0.268. The second-order valence-electron chi connectivity index (χ2n) is 2.06. The predicted octanol–water partition coefficient (Wildman–Crippen LogP) is -2.43. The van der Waals surface area contributed by atoms with Gasteiger partial charge in [0, 0.05) is 5.69 Å². The van der Waals surface area contributed by atoms with Crippen LogP contribution in [0.5, 0.6) is 5.75 Å². The van der Waals surface area contributed by atoms with Crippen molar-refractivity contribution >= 4 is 11.7 Å². The van der Waals surface area contributed by atoms with Crippen molar-refractivity contribution < 1.29 is 31.4 Å². The third-order valence-corrected chi connectivity index (χ3v) is 1.24. The average molecular weight is 206 g/mol. The van der Waals surface area contributed by atoms with Crippen LogP contribution in [-0.4, -0.2) is 27.5 Å². The minimum absolute atomic E-state index is 0. The highest BCUT2D eigenvalue weighted by molar-refractivity contribution is 5.91. The second kappa shape index (κ2) is 6.66. The highest BCUT2D eigenvalue weighted by atomic mass is 16.4. The lowest BCUT2D eigenvalue weighted by Crippen LogP contribution is -2.04. The smallest absolute Gasteiger partial charge is 0.335 e. The zero-order valence-corrected chi connectivity index (χ0v) is 7.07. The number of nitrogen functional groups attached to an aromatic ring is 1. The first-order valence-corrected chi connectivity index (χ1v) is 2.91. The number of anilines is 1. The van der Waals surface area contributed by atoms with Crippen LogP contribution < -0.4 is 10.8 Å². The fraction of sp³-hybridized carbons (Fsp3) is 0. The molecule has 0 saturated carbocycles. The SMILES string of the molecule is Nc1ccc(C(=O)O)c([O-])c1.O.O.O. The number of aromatic carboxylic acids is 1. The maximum Gasteiger partial charge on any atom is 0.335 e. The highest BCUT2D eigenvalue weighted by Gasteiger charge is 2.01. The van der Waals surface area contributed by atoms with Crippen LogP contribution in [0, 0.1) is 0 Å². The molecule has 9 N–H and O–H groups in total. The molecule has 82 valence electrons. The lowest BCUT2D eigenvalue weighted by Gasteiger charge is -2.09. The predicted molar refractivity (Wildman–Crippen MR) is 48.1 cm³/mol. The van der Waals surface area contributed by atoms with Crippen LogP contribution in [0.15, 0.2) is 18.2 Å². The molecule has 7 heteroatoms. The van der Waals surface area contributed by atoms with Gasteiger partial charge in [0.1, 0.15) is 0 Å². The summed E-state index contributed by atoms with van der Waals surface area (Å²) in [5.74, 6) is -1.78. The van der Waals surface area contributed by atoms with Crippen molar-refractivity contribution in [1.29, 1.82) is 0 Å². The number of carboxylic acids is 1. The summed E-state index contributed by atoms with van der Waals surface area (Å²) in [6.07, 6.45) is 0.